The molecule has 0 radical (unpaired) electrons. The Morgan fingerprint density at radius 3 is 2.03 bits per heavy atom. The van der Waals surface area contributed by atoms with E-state index in [-0.39, 0.29) is 11.7 Å². The van der Waals surface area contributed by atoms with Gasteiger partial charge in [0.1, 0.15) is 30.4 Å². The number of hydrogen-bond donors (Lipinski definition) is 0. The van der Waals surface area contributed by atoms with Gasteiger partial charge in [0.2, 0.25) is 5.76 Å². The van der Waals surface area contributed by atoms with E-state index in [9.17, 15) is 4.79 Å². The summed E-state index contributed by atoms with van der Waals surface area (Å²) in [6.07, 6.45) is 1.23. The van der Waals surface area contributed by atoms with E-state index in [1.165, 1.54) is 13.5 Å². The molecule has 1 aromatic heterocycles. The molecule has 4 aromatic rings. The lowest BCUT2D eigenvalue weighted by Crippen LogP contribution is -2.06. The summed E-state index contributed by atoms with van der Waals surface area (Å²) >= 11 is 0. The first-order chi connectivity index (χ1) is 16.6. The molecular formula is C28H27NO5. The minimum absolute atomic E-state index is 0.0275. The van der Waals surface area contributed by atoms with Crippen molar-refractivity contribution in [1.29, 1.82) is 0 Å². The van der Waals surface area contributed by atoms with Crippen molar-refractivity contribution in [1.82, 2.24) is 4.98 Å². The van der Waals surface area contributed by atoms with Gasteiger partial charge in [-0.1, -0.05) is 74.5 Å². The van der Waals surface area contributed by atoms with Crippen LogP contribution in [-0.4, -0.2) is 18.1 Å². The Morgan fingerprint density at radius 2 is 1.47 bits per heavy atom. The van der Waals surface area contributed by atoms with E-state index >= 15 is 0 Å². The number of hydrogen-bond acceptors (Lipinski definition) is 6. The largest absolute Gasteiger partial charge is 0.488 e. The van der Waals surface area contributed by atoms with Crippen molar-refractivity contribution < 1.29 is 23.4 Å². The summed E-state index contributed by atoms with van der Waals surface area (Å²) in [6, 6.07) is 23.7. The lowest BCUT2D eigenvalue weighted by molar-refractivity contribution is 0.0566. The monoisotopic (exact) mass is 457 g/mol. The van der Waals surface area contributed by atoms with Crippen LogP contribution in [0.2, 0.25) is 0 Å². The predicted octanol–water partition coefficient (Wildman–Crippen LogP) is 6.41. The zero-order chi connectivity index (χ0) is 23.9. The molecular weight excluding hydrogens is 430 g/mol. The average Bonchev–Trinajstić information content (AvgIpc) is 3.36. The average molecular weight is 458 g/mol. The standard InChI is InChI=1S/C28H27NO5/c1-19(2)22-14-23(26-27(28(30)31-3)34-18-29-26)25(33-17-21-12-8-5-9-13-21)15-24(22)32-16-20-10-6-4-7-11-20/h4-15,18-19H,16-17H2,1-3H3. The van der Waals surface area contributed by atoms with Crippen molar-refractivity contribution in [3.05, 3.63) is 102 Å². The molecule has 1 heterocycles. The number of rotatable bonds is 9. The van der Waals surface area contributed by atoms with Gasteiger partial charge in [-0.05, 0) is 28.7 Å². The van der Waals surface area contributed by atoms with E-state index < -0.39 is 5.97 Å². The van der Waals surface area contributed by atoms with Crippen molar-refractivity contribution in [2.45, 2.75) is 33.0 Å². The van der Waals surface area contributed by atoms with Crippen molar-refractivity contribution in [3.8, 4) is 22.8 Å². The minimum Gasteiger partial charge on any atom is -0.488 e. The molecule has 0 fully saturated rings. The Morgan fingerprint density at radius 1 is 0.882 bits per heavy atom. The maximum absolute atomic E-state index is 12.3. The molecule has 0 aliphatic rings. The smallest absolute Gasteiger partial charge is 0.376 e. The lowest BCUT2D eigenvalue weighted by Gasteiger charge is -2.19. The predicted molar refractivity (Wildman–Crippen MR) is 129 cm³/mol. The van der Waals surface area contributed by atoms with Crippen LogP contribution in [0.15, 0.2) is 83.6 Å². The summed E-state index contributed by atoms with van der Waals surface area (Å²) in [5.74, 6) is 0.835. The molecule has 0 amide bonds. The van der Waals surface area contributed by atoms with Crippen molar-refractivity contribution in [2.75, 3.05) is 7.11 Å². The number of carbonyl (C=O) groups excluding carboxylic acids is 1. The number of ether oxygens (including phenoxy) is 3. The van der Waals surface area contributed by atoms with Crippen LogP contribution >= 0.6 is 0 Å². The van der Waals surface area contributed by atoms with Crippen LogP contribution in [0.1, 0.15) is 47.0 Å². The van der Waals surface area contributed by atoms with Gasteiger partial charge in [-0.3, -0.25) is 0 Å². The number of benzene rings is 3. The molecule has 0 aliphatic heterocycles. The summed E-state index contributed by atoms with van der Waals surface area (Å²) < 4.78 is 22.7. The fourth-order valence-corrected chi connectivity index (χ4v) is 3.60. The Hall–Kier alpha value is -4.06. The van der Waals surface area contributed by atoms with Gasteiger partial charge in [0, 0.05) is 11.6 Å². The van der Waals surface area contributed by atoms with Gasteiger partial charge in [0.25, 0.3) is 0 Å². The summed E-state index contributed by atoms with van der Waals surface area (Å²) in [4.78, 5) is 16.6. The van der Waals surface area contributed by atoms with Crippen molar-refractivity contribution >= 4 is 5.97 Å². The highest BCUT2D eigenvalue weighted by molar-refractivity contribution is 5.94. The second-order valence-electron chi connectivity index (χ2n) is 8.11. The summed E-state index contributed by atoms with van der Waals surface area (Å²) in [6.45, 7) is 4.94. The number of oxazole rings is 1. The van der Waals surface area contributed by atoms with E-state index in [1.54, 1.807) is 0 Å². The van der Waals surface area contributed by atoms with Crippen LogP contribution in [0, 0.1) is 0 Å². The minimum atomic E-state index is -0.600. The van der Waals surface area contributed by atoms with E-state index in [1.807, 2.05) is 72.8 Å². The molecule has 6 heteroatoms. The summed E-state index contributed by atoms with van der Waals surface area (Å²) in [7, 11) is 1.31. The number of methoxy groups -OCH3 is 1. The van der Waals surface area contributed by atoms with Gasteiger partial charge >= 0.3 is 5.97 Å². The molecule has 0 N–H and O–H groups in total. The first-order valence-electron chi connectivity index (χ1n) is 11.1. The molecule has 6 nitrogen and oxygen atoms in total. The number of carbonyl (C=O) groups is 1. The Kier molecular flexibility index (Phi) is 7.28. The van der Waals surface area contributed by atoms with Gasteiger partial charge in [0.15, 0.2) is 6.39 Å². The molecule has 4 rings (SSSR count). The van der Waals surface area contributed by atoms with E-state index in [0.29, 0.717) is 36.0 Å². The molecule has 0 saturated heterocycles. The molecule has 0 aliphatic carbocycles. The number of esters is 1. The van der Waals surface area contributed by atoms with E-state index in [2.05, 4.69) is 18.8 Å². The van der Waals surface area contributed by atoms with Crippen molar-refractivity contribution in [3.63, 3.8) is 0 Å². The first-order valence-corrected chi connectivity index (χ1v) is 11.1. The quantitative estimate of drug-likeness (QED) is 0.271. The molecule has 34 heavy (non-hydrogen) atoms. The van der Waals surface area contributed by atoms with Gasteiger partial charge < -0.3 is 18.6 Å². The molecule has 0 saturated carbocycles. The normalized spacial score (nSPS) is 10.8. The Balaban J connectivity index is 1.76. The van der Waals surface area contributed by atoms with Crippen LogP contribution in [0.25, 0.3) is 11.3 Å². The zero-order valence-electron chi connectivity index (χ0n) is 19.5. The van der Waals surface area contributed by atoms with Gasteiger partial charge in [-0.15, -0.1) is 0 Å². The second-order valence-corrected chi connectivity index (χ2v) is 8.11. The fourth-order valence-electron chi connectivity index (χ4n) is 3.60. The topological polar surface area (TPSA) is 70.8 Å². The second kappa shape index (κ2) is 10.7. The van der Waals surface area contributed by atoms with E-state index in [0.717, 1.165) is 16.7 Å². The highest BCUT2D eigenvalue weighted by Gasteiger charge is 2.24. The Bertz CT molecular complexity index is 1230. The SMILES string of the molecule is COC(=O)c1ocnc1-c1cc(C(C)C)c(OCc2ccccc2)cc1OCc1ccccc1. The molecule has 0 unspecified atom stereocenters. The summed E-state index contributed by atoms with van der Waals surface area (Å²) in [5, 5.41) is 0. The van der Waals surface area contributed by atoms with E-state index in [4.69, 9.17) is 18.6 Å². The molecule has 0 atom stereocenters. The molecule has 0 bridgehead atoms. The molecule has 0 spiro atoms. The third-order valence-corrected chi connectivity index (χ3v) is 5.40. The van der Waals surface area contributed by atoms with Gasteiger partial charge in [-0.2, -0.15) is 0 Å². The molecule has 174 valence electrons. The first kappa shape index (κ1) is 23.1. The summed E-state index contributed by atoms with van der Waals surface area (Å²) in [5.41, 5.74) is 4.06. The van der Waals surface area contributed by atoms with Crippen LogP contribution in [-0.2, 0) is 18.0 Å². The highest BCUT2D eigenvalue weighted by atomic mass is 16.5. The van der Waals surface area contributed by atoms with Crippen LogP contribution in [0.4, 0.5) is 0 Å². The van der Waals surface area contributed by atoms with Crippen LogP contribution in [0.3, 0.4) is 0 Å². The van der Waals surface area contributed by atoms with Crippen LogP contribution in [0.5, 0.6) is 11.5 Å². The third kappa shape index (κ3) is 5.29. The van der Waals surface area contributed by atoms with Gasteiger partial charge in [0.05, 0.1) is 7.11 Å². The fraction of sp³-hybridized carbons (Fsp3) is 0.214. The maximum atomic E-state index is 12.3. The maximum Gasteiger partial charge on any atom is 0.376 e. The number of aromatic nitrogens is 1. The molecule has 3 aromatic carbocycles. The number of nitrogens with zero attached hydrogens (tertiary/aromatic N) is 1. The third-order valence-electron chi connectivity index (χ3n) is 5.40. The van der Waals surface area contributed by atoms with Gasteiger partial charge in [-0.25, -0.2) is 9.78 Å². The zero-order valence-corrected chi connectivity index (χ0v) is 19.5. The highest BCUT2D eigenvalue weighted by Crippen LogP contribution is 2.40. The van der Waals surface area contributed by atoms with Crippen LogP contribution < -0.4 is 9.47 Å². The lowest BCUT2D eigenvalue weighted by atomic mass is 9.97. The Labute approximate surface area is 199 Å². The van der Waals surface area contributed by atoms with Crippen molar-refractivity contribution in [2.24, 2.45) is 0 Å².